The highest BCUT2D eigenvalue weighted by Gasteiger charge is 2.26. The first kappa shape index (κ1) is 19.5. The maximum absolute atomic E-state index is 12.8. The van der Waals surface area contributed by atoms with Crippen LogP contribution in [0.25, 0.3) is 10.8 Å². The van der Waals surface area contributed by atoms with Gasteiger partial charge in [-0.3, -0.25) is 9.69 Å². The molecule has 0 saturated carbocycles. The standard InChI is InChI=1S/C25H28N2O2/c1-2-29-23-14-12-22(13-15-23)26-25(28)21-10-6-16-27(18-21)17-20-9-5-8-19-7-3-4-11-24(19)20/h3-5,7-9,11-15,21H,2,6,10,16-18H2,1H3,(H,26,28). The zero-order valence-corrected chi connectivity index (χ0v) is 16.9. The summed E-state index contributed by atoms with van der Waals surface area (Å²) in [5.74, 6) is 0.950. The third-order valence-electron chi connectivity index (χ3n) is 5.58. The van der Waals surface area contributed by atoms with Crippen LogP contribution in [0.15, 0.2) is 66.7 Å². The molecule has 1 fully saturated rings. The Hall–Kier alpha value is -2.85. The monoisotopic (exact) mass is 388 g/mol. The average molecular weight is 389 g/mol. The number of piperidine rings is 1. The second-order valence-corrected chi connectivity index (χ2v) is 7.66. The Morgan fingerprint density at radius 1 is 1.07 bits per heavy atom. The van der Waals surface area contributed by atoms with Crippen molar-refractivity contribution in [3.63, 3.8) is 0 Å². The van der Waals surface area contributed by atoms with Crippen molar-refractivity contribution in [3.8, 4) is 5.75 Å². The quantitative estimate of drug-likeness (QED) is 0.640. The lowest BCUT2D eigenvalue weighted by Crippen LogP contribution is -2.40. The smallest absolute Gasteiger partial charge is 0.228 e. The van der Waals surface area contributed by atoms with Crippen molar-refractivity contribution in [2.24, 2.45) is 5.92 Å². The first-order valence-corrected chi connectivity index (χ1v) is 10.5. The van der Waals surface area contributed by atoms with Crippen LogP contribution >= 0.6 is 0 Å². The molecule has 1 N–H and O–H groups in total. The Balaban J connectivity index is 1.39. The predicted octanol–water partition coefficient (Wildman–Crippen LogP) is 5.09. The van der Waals surface area contributed by atoms with Gasteiger partial charge < -0.3 is 10.1 Å². The van der Waals surface area contributed by atoms with Crippen molar-refractivity contribution in [2.45, 2.75) is 26.3 Å². The number of likely N-dealkylation sites (tertiary alicyclic amines) is 1. The molecule has 1 amide bonds. The van der Waals surface area contributed by atoms with E-state index in [2.05, 4.69) is 52.7 Å². The second-order valence-electron chi connectivity index (χ2n) is 7.66. The minimum absolute atomic E-state index is 0.0188. The molecular formula is C25H28N2O2. The fourth-order valence-corrected chi connectivity index (χ4v) is 4.13. The van der Waals surface area contributed by atoms with Crippen LogP contribution in [0.4, 0.5) is 5.69 Å². The van der Waals surface area contributed by atoms with E-state index in [1.54, 1.807) is 0 Å². The summed E-state index contributed by atoms with van der Waals surface area (Å²) in [5.41, 5.74) is 2.15. The molecule has 1 saturated heterocycles. The Bertz CT molecular complexity index is 963. The van der Waals surface area contributed by atoms with Gasteiger partial charge >= 0.3 is 0 Å². The number of benzene rings is 3. The molecule has 0 aromatic heterocycles. The lowest BCUT2D eigenvalue weighted by atomic mass is 9.96. The van der Waals surface area contributed by atoms with Crippen LogP contribution < -0.4 is 10.1 Å². The average Bonchev–Trinajstić information content (AvgIpc) is 2.76. The number of hydrogen-bond acceptors (Lipinski definition) is 3. The largest absolute Gasteiger partial charge is 0.494 e. The van der Waals surface area contributed by atoms with Crippen molar-refractivity contribution >= 4 is 22.4 Å². The third-order valence-corrected chi connectivity index (χ3v) is 5.58. The Morgan fingerprint density at radius 2 is 1.86 bits per heavy atom. The lowest BCUT2D eigenvalue weighted by Gasteiger charge is -2.32. The van der Waals surface area contributed by atoms with Crippen molar-refractivity contribution in [1.82, 2.24) is 4.90 Å². The SMILES string of the molecule is CCOc1ccc(NC(=O)C2CCCN(Cc3cccc4ccccc34)C2)cc1. The Labute approximate surface area is 172 Å². The molecule has 1 aliphatic heterocycles. The molecule has 1 unspecified atom stereocenters. The molecule has 29 heavy (non-hydrogen) atoms. The maximum atomic E-state index is 12.8. The normalized spacial score (nSPS) is 17.2. The van der Waals surface area contributed by atoms with Gasteiger partial charge in [0.15, 0.2) is 0 Å². The summed E-state index contributed by atoms with van der Waals surface area (Å²) in [6, 6.07) is 22.6. The summed E-state index contributed by atoms with van der Waals surface area (Å²) in [6.07, 6.45) is 1.99. The van der Waals surface area contributed by atoms with Gasteiger partial charge in [-0.05, 0) is 66.9 Å². The number of ether oxygens (including phenoxy) is 1. The number of carbonyl (C=O) groups excluding carboxylic acids is 1. The summed E-state index contributed by atoms with van der Waals surface area (Å²) in [7, 11) is 0. The van der Waals surface area contributed by atoms with Crippen LogP contribution in [0.1, 0.15) is 25.3 Å². The van der Waals surface area contributed by atoms with Crippen LogP contribution in [0.5, 0.6) is 5.75 Å². The number of nitrogens with one attached hydrogen (secondary N) is 1. The highest BCUT2D eigenvalue weighted by Crippen LogP contribution is 2.24. The van der Waals surface area contributed by atoms with E-state index in [0.29, 0.717) is 6.61 Å². The summed E-state index contributed by atoms with van der Waals surface area (Å²) >= 11 is 0. The molecule has 1 atom stereocenters. The molecule has 1 heterocycles. The predicted molar refractivity (Wildman–Crippen MR) is 118 cm³/mol. The van der Waals surface area contributed by atoms with E-state index in [9.17, 15) is 4.79 Å². The van der Waals surface area contributed by atoms with Crippen molar-refractivity contribution in [3.05, 3.63) is 72.3 Å². The second kappa shape index (κ2) is 9.10. The van der Waals surface area contributed by atoms with Crippen LogP contribution in [-0.4, -0.2) is 30.5 Å². The number of nitrogens with zero attached hydrogens (tertiary/aromatic N) is 1. The van der Waals surface area contributed by atoms with Gasteiger partial charge in [0.25, 0.3) is 0 Å². The van der Waals surface area contributed by atoms with Gasteiger partial charge in [0.1, 0.15) is 5.75 Å². The van der Waals surface area contributed by atoms with Gasteiger partial charge in [-0.1, -0.05) is 42.5 Å². The van der Waals surface area contributed by atoms with Gasteiger partial charge in [0.05, 0.1) is 12.5 Å². The molecule has 0 radical (unpaired) electrons. The summed E-state index contributed by atoms with van der Waals surface area (Å²) in [4.78, 5) is 15.2. The van der Waals surface area contributed by atoms with Crippen molar-refractivity contribution in [1.29, 1.82) is 0 Å². The molecule has 3 aromatic carbocycles. The number of rotatable bonds is 6. The molecule has 3 aromatic rings. The summed E-state index contributed by atoms with van der Waals surface area (Å²) in [5, 5.41) is 5.65. The summed E-state index contributed by atoms with van der Waals surface area (Å²) < 4.78 is 5.46. The van der Waals surface area contributed by atoms with E-state index < -0.39 is 0 Å². The Morgan fingerprint density at radius 3 is 2.69 bits per heavy atom. The van der Waals surface area contributed by atoms with E-state index in [1.165, 1.54) is 16.3 Å². The van der Waals surface area contributed by atoms with E-state index in [-0.39, 0.29) is 11.8 Å². The number of fused-ring (bicyclic) bond motifs is 1. The van der Waals surface area contributed by atoms with Crippen molar-refractivity contribution in [2.75, 3.05) is 25.0 Å². The van der Waals surface area contributed by atoms with Crippen LogP contribution in [0, 0.1) is 5.92 Å². The molecule has 0 spiro atoms. The first-order valence-electron chi connectivity index (χ1n) is 10.5. The highest BCUT2D eigenvalue weighted by molar-refractivity contribution is 5.92. The van der Waals surface area contributed by atoms with Gasteiger partial charge in [-0.25, -0.2) is 0 Å². The van der Waals surface area contributed by atoms with Crippen LogP contribution in [0.2, 0.25) is 0 Å². The molecule has 150 valence electrons. The Kier molecular flexibility index (Phi) is 6.11. The number of carbonyl (C=O) groups is 1. The topological polar surface area (TPSA) is 41.6 Å². The zero-order valence-electron chi connectivity index (χ0n) is 16.9. The van der Waals surface area contributed by atoms with E-state index in [4.69, 9.17) is 4.74 Å². The van der Waals surface area contributed by atoms with E-state index >= 15 is 0 Å². The molecule has 0 bridgehead atoms. The molecule has 4 nitrogen and oxygen atoms in total. The third kappa shape index (κ3) is 4.77. The van der Waals surface area contributed by atoms with Gasteiger partial charge in [0.2, 0.25) is 5.91 Å². The van der Waals surface area contributed by atoms with Gasteiger partial charge in [0, 0.05) is 18.8 Å². The highest BCUT2D eigenvalue weighted by atomic mass is 16.5. The number of hydrogen-bond donors (Lipinski definition) is 1. The van der Waals surface area contributed by atoms with Gasteiger partial charge in [-0.2, -0.15) is 0 Å². The fraction of sp³-hybridized carbons (Fsp3) is 0.320. The first-order chi connectivity index (χ1) is 14.2. The fourth-order valence-electron chi connectivity index (χ4n) is 4.13. The lowest BCUT2D eigenvalue weighted by molar-refractivity contribution is -0.121. The molecule has 4 rings (SSSR count). The van der Waals surface area contributed by atoms with E-state index in [0.717, 1.165) is 43.9 Å². The molecular weight excluding hydrogens is 360 g/mol. The van der Waals surface area contributed by atoms with Gasteiger partial charge in [-0.15, -0.1) is 0 Å². The van der Waals surface area contributed by atoms with Crippen LogP contribution in [0.3, 0.4) is 0 Å². The maximum Gasteiger partial charge on any atom is 0.228 e. The molecule has 4 heteroatoms. The zero-order chi connectivity index (χ0) is 20.1. The number of anilines is 1. The number of amides is 1. The minimum Gasteiger partial charge on any atom is -0.494 e. The summed E-state index contributed by atoms with van der Waals surface area (Å²) in [6.45, 7) is 5.32. The molecule has 1 aliphatic rings. The van der Waals surface area contributed by atoms with Crippen molar-refractivity contribution < 1.29 is 9.53 Å². The minimum atomic E-state index is 0.0188. The van der Waals surface area contributed by atoms with E-state index in [1.807, 2.05) is 31.2 Å². The van der Waals surface area contributed by atoms with Crippen LogP contribution in [-0.2, 0) is 11.3 Å². The molecule has 0 aliphatic carbocycles.